The number of carbonyl (C=O) groups is 2. The lowest BCUT2D eigenvalue weighted by Crippen LogP contribution is -2.43. The molecule has 204 valence electrons. The average Bonchev–Trinajstić information content (AvgIpc) is 2.83. The van der Waals surface area contributed by atoms with Crippen LogP contribution in [0, 0.1) is 0 Å². The van der Waals surface area contributed by atoms with E-state index in [1.165, 1.54) is 24.1 Å². The van der Waals surface area contributed by atoms with Gasteiger partial charge in [0, 0.05) is 50.9 Å². The third-order valence-corrected chi connectivity index (χ3v) is 6.63. The number of anilines is 2. The topological polar surface area (TPSA) is 128 Å². The number of aliphatic carboxylic acids is 1. The van der Waals surface area contributed by atoms with Crippen molar-refractivity contribution in [2.24, 2.45) is 0 Å². The molecule has 1 saturated heterocycles. The Morgan fingerprint density at radius 3 is 2.24 bits per heavy atom. The van der Waals surface area contributed by atoms with Gasteiger partial charge in [-0.15, -0.1) is 0 Å². The summed E-state index contributed by atoms with van der Waals surface area (Å²) in [5.74, 6) is -2.80. The summed E-state index contributed by atoms with van der Waals surface area (Å²) in [5, 5.41) is 10.7. The molecule has 2 aromatic carbocycles. The number of halogens is 4. The zero-order valence-electron chi connectivity index (χ0n) is 20.1. The highest BCUT2D eigenvalue weighted by Crippen LogP contribution is 2.33. The number of hydrogen-bond acceptors (Lipinski definition) is 7. The van der Waals surface area contributed by atoms with Crippen LogP contribution in [0.25, 0.3) is 0 Å². The maximum atomic E-state index is 13.2. The van der Waals surface area contributed by atoms with Crippen molar-refractivity contribution in [1.82, 2.24) is 10.2 Å². The van der Waals surface area contributed by atoms with Crippen LogP contribution in [-0.2, 0) is 14.8 Å². The molecule has 10 nitrogen and oxygen atoms in total. The molecule has 0 bridgehead atoms. The van der Waals surface area contributed by atoms with Gasteiger partial charge in [0.05, 0.1) is 18.5 Å². The number of amides is 1. The number of rotatable bonds is 6. The van der Waals surface area contributed by atoms with Gasteiger partial charge in [0.2, 0.25) is 0 Å². The number of sulfonamides is 1. The lowest BCUT2D eigenvalue weighted by molar-refractivity contribution is -0.192. The first-order valence-electron chi connectivity index (χ1n) is 10.6. The van der Waals surface area contributed by atoms with Gasteiger partial charge in [-0.2, -0.15) is 13.2 Å². The molecule has 1 heterocycles. The van der Waals surface area contributed by atoms with Crippen LogP contribution in [0.5, 0.6) is 5.75 Å². The van der Waals surface area contributed by atoms with E-state index in [1.54, 1.807) is 38.4 Å². The van der Waals surface area contributed by atoms with Crippen molar-refractivity contribution >= 4 is 44.9 Å². The highest BCUT2D eigenvalue weighted by Gasteiger charge is 2.38. The minimum atomic E-state index is -5.08. The van der Waals surface area contributed by atoms with Gasteiger partial charge in [0.15, 0.2) is 0 Å². The number of piperazine rings is 1. The summed E-state index contributed by atoms with van der Waals surface area (Å²) in [4.78, 5) is 24.8. The van der Waals surface area contributed by atoms with Crippen molar-refractivity contribution < 1.29 is 41.0 Å². The molecule has 37 heavy (non-hydrogen) atoms. The lowest BCUT2D eigenvalue weighted by Gasteiger charge is -2.31. The number of carbonyl (C=O) groups excluding carboxylic acids is 1. The Bertz CT molecular complexity index is 1240. The minimum Gasteiger partial charge on any atom is -0.495 e. The van der Waals surface area contributed by atoms with Crippen LogP contribution < -0.4 is 19.7 Å². The number of carboxylic acid groups (broad SMARTS) is 1. The third kappa shape index (κ3) is 8.13. The fraction of sp³-hybridized carbons (Fsp3) is 0.364. The third-order valence-electron chi connectivity index (χ3n) is 5.01. The molecule has 0 aliphatic carbocycles. The molecular weight excluding hydrogens is 541 g/mol. The molecular formula is C22H26ClF3N4O6S. The van der Waals surface area contributed by atoms with E-state index in [4.69, 9.17) is 26.2 Å². The van der Waals surface area contributed by atoms with Gasteiger partial charge in [-0.05, 0) is 36.4 Å². The summed E-state index contributed by atoms with van der Waals surface area (Å²) in [6, 6.07) is 9.44. The predicted octanol–water partition coefficient (Wildman–Crippen LogP) is 2.89. The largest absolute Gasteiger partial charge is 0.495 e. The van der Waals surface area contributed by atoms with E-state index < -0.39 is 22.2 Å². The number of hydrogen-bond donors (Lipinski definition) is 3. The monoisotopic (exact) mass is 566 g/mol. The van der Waals surface area contributed by atoms with Gasteiger partial charge in [-0.1, -0.05) is 11.6 Å². The molecule has 2 aromatic rings. The van der Waals surface area contributed by atoms with Gasteiger partial charge in [0.1, 0.15) is 10.6 Å². The molecule has 1 fully saturated rings. The summed E-state index contributed by atoms with van der Waals surface area (Å²) >= 11 is 6.02. The molecule has 1 aliphatic rings. The number of nitrogens with one attached hydrogen (secondary N) is 2. The zero-order chi connectivity index (χ0) is 28.0. The van der Waals surface area contributed by atoms with Crippen molar-refractivity contribution in [3.63, 3.8) is 0 Å². The molecule has 0 spiro atoms. The highest BCUT2D eigenvalue weighted by molar-refractivity contribution is 7.92. The summed E-state index contributed by atoms with van der Waals surface area (Å²) in [6.45, 7) is 3.01. The normalized spacial score (nSPS) is 13.8. The first kappa shape index (κ1) is 30.0. The van der Waals surface area contributed by atoms with E-state index in [0.29, 0.717) is 16.9 Å². The Balaban J connectivity index is 0.000000604. The minimum absolute atomic E-state index is 0.0758. The van der Waals surface area contributed by atoms with E-state index in [-0.39, 0.29) is 21.6 Å². The molecule has 0 atom stereocenters. The van der Waals surface area contributed by atoms with Crippen LogP contribution >= 0.6 is 11.6 Å². The van der Waals surface area contributed by atoms with Crippen LogP contribution in [0.2, 0.25) is 5.02 Å². The molecule has 3 rings (SSSR count). The highest BCUT2D eigenvalue weighted by atomic mass is 35.5. The second kappa shape index (κ2) is 12.3. The van der Waals surface area contributed by atoms with E-state index >= 15 is 0 Å². The second-order valence-electron chi connectivity index (χ2n) is 7.87. The molecule has 3 N–H and O–H groups in total. The van der Waals surface area contributed by atoms with E-state index in [9.17, 15) is 26.4 Å². The average molecular weight is 567 g/mol. The Morgan fingerprint density at radius 2 is 1.73 bits per heavy atom. The standard InChI is InChI=1S/C20H25ClN4O4S.C2HF3O2/c1-24(2)20(26)14-4-6-17(25-10-8-22-9-11-25)16(12-14)23-30(27,28)19-13-15(21)5-7-18(19)29-3;3-2(4,5)1(6)7/h4-7,12-13,22-23H,8-11H2,1-3H3;(H,6,7). The molecule has 0 radical (unpaired) electrons. The van der Waals surface area contributed by atoms with Crippen molar-refractivity contribution in [2.45, 2.75) is 11.1 Å². The number of nitrogens with zero attached hydrogens (tertiary/aromatic N) is 2. The van der Waals surface area contributed by atoms with Crippen molar-refractivity contribution in [3.05, 3.63) is 47.0 Å². The van der Waals surface area contributed by atoms with E-state index in [0.717, 1.165) is 26.2 Å². The SMILES string of the molecule is COc1ccc(Cl)cc1S(=O)(=O)Nc1cc(C(=O)N(C)C)ccc1N1CCNCC1.O=C(O)C(F)(F)F. The summed E-state index contributed by atoms with van der Waals surface area (Å²) < 4.78 is 66.0. The second-order valence-corrected chi connectivity index (χ2v) is 9.96. The Hall–Kier alpha value is -3.23. The molecule has 1 amide bonds. The maximum absolute atomic E-state index is 13.2. The van der Waals surface area contributed by atoms with E-state index in [1.807, 2.05) is 0 Å². The van der Waals surface area contributed by atoms with Gasteiger partial charge in [0.25, 0.3) is 15.9 Å². The number of methoxy groups -OCH3 is 1. The van der Waals surface area contributed by atoms with Crippen LogP contribution in [0.1, 0.15) is 10.4 Å². The zero-order valence-corrected chi connectivity index (χ0v) is 21.7. The quantitative estimate of drug-likeness (QED) is 0.487. The van der Waals surface area contributed by atoms with Crippen LogP contribution in [-0.4, -0.2) is 83.9 Å². The van der Waals surface area contributed by atoms with Crippen molar-refractivity contribution in [1.29, 1.82) is 0 Å². The van der Waals surface area contributed by atoms with Crippen LogP contribution in [0.4, 0.5) is 24.5 Å². The number of benzene rings is 2. The summed E-state index contributed by atoms with van der Waals surface area (Å²) in [5.41, 5.74) is 1.41. The Morgan fingerprint density at radius 1 is 1.14 bits per heavy atom. The van der Waals surface area contributed by atoms with E-state index in [2.05, 4.69) is 14.9 Å². The number of alkyl halides is 3. The smallest absolute Gasteiger partial charge is 0.490 e. The Labute approximate surface area is 217 Å². The first-order chi connectivity index (χ1) is 17.2. The molecule has 0 saturated carbocycles. The lowest BCUT2D eigenvalue weighted by atomic mass is 10.1. The summed E-state index contributed by atoms with van der Waals surface area (Å²) in [6.07, 6.45) is -5.08. The summed E-state index contributed by atoms with van der Waals surface area (Å²) in [7, 11) is 0.657. The maximum Gasteiger partial charge on any atom is 0.490 e. The van der Waals surface area contributed by atoms with Gasteiger partial charge >= 0.3 is 12.1 Å². The van der Waals surface area contributed by atoms with Gasteiger partial charge in [-0.3, -0.25) is 9.52 Å². The fourth-order valence-electron chi connectivity index (χ4n) is 3.25. The fourth-order valence-corrected chi connectivity index (χ4v) is 4.75. The number of ether oxygens (including phenoxy) is 1. The molecule has 1 aliphatic heterocycles. The van der Waals surface area contributed by atoms with Crippen LogP contribution in [0.15, 0.2) is 41.3 Å². The Kier molecular flexibility index (Phi) is 10.0. The van der Waals surface area contributed by atoms with Gasteiger partial charge < -0.3 is 25.0 Å². The van der Waals surface area contributed by atoms with Crippen LogP contribution in [0.3, 0.4) is 0 Å². The predicted molar refractivity (Wildman–Crippen MR) is 132 cm³/mol. The number of carboxylic acids is 1. The molecule has 0 unspecified atom stereocenters. The van der Waals surface area contributed by atoms with Crippen molar-refractivity contribution in [3.8, 4) is 5.75 Å². The van der Waals surface area contributed by atoms with Gasteiger partial charge in [-0.25, -0.2) is 13.2 Å². The first-order valence-corrected chi connectivity index (χ1v) is 12.5. The molecule has 0 aromatic heterocycles. The molecule has 15 heteroatoms. The van der Waals surface area contributed by atoms with Crippen molar-refractivity contribution in [2.75, 3.05) is 57.0 Å².